The molecule has 0 radical (unpaired) electrons. The molecule has 0 aliphatic rings. The Kier molecular flexibility index (Phi) is 2.28. The number of nitrogens with zero attached hydrogens (tertiary/aromatic N) is 1. The molecule has 0 aliphatic carbocycles. The van der Waals surface area contributed by atoms with E-state index in [1.807, 2.05) is 0 Å². The van der Waals surface area contributed by atoms with Crippen molar-refractivity contribution in [3.63, 3.8) is 0 Å². The van der Waals surface area contributed by atoms with E-state index in [1.54, 1.807) is 19.3 Å². The van der Waals surface area contributed by atoms with Crippen molar-refractivity contribution in [1.82, 2.24) is 4.57 Å². The second kappa shape index (κ2) is 3.21. The zero-order valence-corrected chi connectivity index (χ0v) is 7.00. The average molecular weight is 166 g/mol. The number of hydrogen-bond acceptors (Lipinski definition) is 2. The van der Waals surface area contributed by atoms with Gasteiger partial charge in [-0.25, -0.2) is 0 Å². The van der Waals surface area contributed by atoms with E-state index >= 15 is 0 Å². The van der Waals surface area contributed by atoms with E-state index in [2.05, 4.69) is 5.32 Å². The van der Waals surface area contributed by atoms with Gasteiger partial charge < -0.3 is 9.88 Å². The number of aromatic nitrogens is 1. The minimum atomic E-state index is -0.145. The molecule has 64 valence electrons. The molecule has 0 saturated carbocycles. The highest BCUT2D eigenvalue weighted by Crippen LogP contribution is 2.00. The predicted octanol–water partition coefficient (Wildman–Crippen LogP) is 0.344. The van der Waals surface area contributed by atoms with Crippen LogP contribution in [0.4, 0.5) is 5.69 Å². The third-order valence-electron chi connectivity index (χ3n) is 1.41. The van der Waals surface area contributed by atoms with Gasteiger partial charge in [-0.05, 0) is 6.07 Å². The Morgan fingerprint density at radius 3 is 2.67 bits per heavy atom. The second-order valence-electron chi connectivity index (χ2n) is 2.55. The predicted molar refractivity (Wildman–Crippen MR) is 46.0 cm³/mol. The van der Waals surface area contributed by atoms with Crippen molar-refractivity contribution in [2.24, 2.45) is 7.05 Å². The van der Waals surface area contributed by atoms with E-state index < -0.39 is 0 Å². The van der Waals surface area contributed by atoms with Gasteiger partial charge in [0, 0.05) is 26.2 Å². The van der Waals surface area contributed by atoms with Gasteiger partial charge in [0.15, 0.2) is 0 Å². The number of aryl methyl sites for hydroxylation is 1. The largest absolute Gasteiger partial charge is 0.325 e. The van der Waals surface area contributed by atoms with Crippen LogP contribution in [0, 0.1) is 0 Å². The molecule has 1 aromatic heterocycles. The first-order chi connectivity index (χ1) is 5.59. The van der Waals surface area contributed by atoms with Crippen molar-refractivity contribution in [2.75, 3.05) is 5.32 Å². The quantitative estimate of drug-likeness (QED) is 0.654. The van der Waals surface area contributed by atoms with Crippen molar-refractivity contribution < 1.29 is 4.79 Å². The third kappa shape index (κ3) is 1.95. The highest BCUT2D eigenvalue weighted by molar-refractivity contribution is 5.88. The molecular weight excluding hydrogens is 156 g/mol. The fourth-order valence-corrected chi connectivity index (χ4v) is 0.871. The van der Waals surface area contributed by atoms with Crippen LogP contribution < -0.4 is 10.9 Å². The summed E-state index contributed by atoms with van der Waals surface area (Å²) in [5, 5.41) is 2.57. The SMILES string of the molecule is CC(=O)Nc1ccc(=O)n(C)c1. The number of rotatable bonds is 1. The van der Waals surface area contributed by atoms with E-state index in [0.717, 1.165) is 0 Å². The van der Waals surface area contributed by atoms with Crippen LogP contribution in [0.1, 0.15) is 6.92 Å². The molecule has 0 aromatic carbocycles. The van der Waals surface area contributed by atoms with Crippen molar-refractivity contribution in [3.05, 3.63) is 28.7 Å². The minimum absolute atomic E-state index is 0.0934. The minimum Gasteiger partial charge on any atom is -0.325 e. The van der Waals surface area contributed by atoms with Crippen LogP contribution >= 0.6 is 0 Å². The van der Waals surface area contributed by atoms with E-state index in [1.165, 1.54) is 17.6 Å². The highest BCUT2D eigenvalue weighted by atomic mass is 16.1. The lowest BCUT2D eigenvalue weighted by Crippen LogP contribution is -2.16. The van der Waals surface area contributed by atoms with Crippen LogP contribution in [0.15, 0.2) is 23.1 Å². The molecule has 1 aromatic rings. The Hall–Kier alpha value is -1.58. The zero-order chi connectivity index (χ0) is 9.14. The fraction of sp³-hybridized carbons (Fsp3) is 0.250. The smallest absolute Gasteiger partial charge is 0.250 e. The molecule has 0 unspecified atom stereocenters. The maximum absolute atomic E-state index is 10.9. The summed E-state index contributed by atoms with van der Waals surface area (Å²) in [6, 6.07) is 2.98. The first-order valence-corrected chi connectivity index (χ1v) is 3.54. The molecule has 12 heavy (non-hydrogen) atoms. The number of carbonyl (C=O) groups excluding carboxylic acids is 1. The number of pyridine rings is 1. The highest BCUT2D eigenvalue weighted by Gasteiger charge is 1.95. The van der Waals surface area contributed by atoms with Crippen LogP contribution in [-0.2, 0) is 11.8 Å². The van der Waals surface area contributed by atoms with Crippen LogP contribution in [0.25, 0.3) is 0 Å². The lowest BCUT2D eigenvalue weighted by Gasteiger charge is -2.02. The van der Waals surface area contributed by atoms with Crippen LogP contribution in [0.3, 0.4) is 0 Å². The number of amides is 1. The van der Waals surface area contributed by atoms with Gasteiger partial charge in [-0.1, -0.05) is 0 Å². The summed E-state index contributed by atoms with van der Waals surface area (Å²) in [6.07, 6.45) is 1.57. The van der Waals surface area contributed by atoms with Crippen molar-refractivity contribution in [2.45, 2.75) is 6.92 Å². The molecule has 1 heterocycles. The number of nitrogens with one attached hydrogen (secondary N) is 1. The standard InChI is InChI=1S/C8H10N2O2/c1-6(11)9-7-3-4-8(12)10(2)5-7/h3-5H,1-2H3,(H,9,11). The second-order valence-corrected chi connectivity index (χ2v) is 2.55. The lowest BCUT2D eigenvalue weighted by atomic mass is 10.4. The van der Waals surface area contributed by atoms with Gasteiger partial charge in [0.2, 0.25) is 11.5 Å². The Balaban J connectivity index is 2.97. The molecule has 0 bridgehead atoms. The average Bonchev–Trinajstić information content (AvgIpc) is 1.96. The Labute approximate surface area is 69.8 Å². The van der Waals surface area contributed by atoms with E-state index in [4.69, 9.17) is 0 Å². The maximum atomic E-state index is 10.9. The van der Waals surface area contributed by atoms with Crippen molar-refractivity contribution in [3.8, 4) is 0 Å². The lowest BCUT2D eigenvalue weighted by molar-refractivity contribution is -0.114. The normalized spacial score (nSPS) is 9.50. The summed E-state index contributed by atoms with van der Waals surface area (Å²) in [6.45, 7) is 1.42. The molecule has 0 fully saturated rings. The summed E-state index contributed by atoms with van der Waals surface area (Å²) in [5.74, 6) is -0.145. The summed E-state index contributed by atoms with van der Waals surface area (Å²) in [4.78, 5) is 21.5. The molecule has 0 saturated heterocycles. The number of carbonyl (C=O) groups is 1. The van der Waals surface area contributed by atoms with Gasteiger partial charge in [-0.2, -0.15) is 0 Å². The summed E-state index contributed by atoms with van der Waals surface area (Å²) >= 11 is 0. The monoisotopic (exact) mass is 166 g/mol. The Morgan fingerprint density at radius 2 is 2.17 bits per heavy atom. The van der Waals surface area contributed by atoms with Gasteiger partial charge in [0.05, 0.1) is 5.69 Å². The molecule has 1 rings (SSSR count). The molecular formula is C8H10N2O2. The van der Waals surface area contributed by atoms with Crippen molar-refractivity contribution >= 4 is 11.6 Å². The molecule has 1 N–H and O–H groups in total. The fourth-order valence-electron chi connectivity index (χ4n) is 0.871. The van der Waals surface area contributed by atoms with Crippen molar-refractivity contribution in [1.29, 1.82) is 0 Å². The summed E-state index contributed by atoms with van der Waals surface area (Å²) in [5.41, 5.74) is 0.536. The number of hydrogen-bond donors (Lipinski definition) is 1. The van der Waals surface area contributed by atoms with Crippen LogP contribution in [0.5, 0.6) is 0 Å². The van der Waals surface area contributed by atoms with Gasteiger partial charge in [0.25, 0.3) is 0 Å². The molecule has 0 spiro atoms. The molecule has 0 aliphatic heterocycles. The third-order valence-corrected chi connectivity index (χ3v) is 1.41. The Morgan fingerprint density at radius 1 is 1.50 bits per heavy atom. The van der Waals surface area contributed by atoms with Gasteiger partial charge in [-0.3, -0.25) is 9.59 Å². The zero-order valence-electron chi connectivity index (χ0n) is 7.00. The first kappa shape index (κ1) is 8.52. The first-order valence-electron chi connectivity index (χ1n) is 3.54. The van der Waals surface area contributed by atoms with E-state index in [9.17, 15) is 9.59 Å². The van der Waals surface area contributed by atoms with Gasteiger partial charge >= 0.3 is 0 Å². The van der Waals surface area contributed by atoms with E-state index in [-0.39, 0.29) is 11.5 Å². The summed E-state index contributed by atoms with van der Waals surface area (Å²) in [7, 11) is 1.63. The van der Waals surface area contributed by atoms with Gasteiger partial charge in [-0.15, -0.1) is 0 Å². The van der Waals surface area contributed by atoms with Crippen LogP contribution in [0.2, 0.25) is 0 Å². The number of anilines is 1. The van der Waals surface area contributed by atoms with Crippen LogP contribution in [-0.4, -0.2) is 10.5 Å². The topological polar surface area (TPSA) is 51.1 Å². The van der Waals surface area contributed by atoms with E-state index in [0.29, 0.717) is 5.69 Å². The Bertz CT molecular complexity index is 354. The molecule has 1 amide bonds. The maximum Gasteiger partial charge on any atom is 0.250 e. The molecule has 0 atom stereocenters. The summed E-state index contributed by atoms with van der Waals surface area (Å²) < 4.78 is 1.41. The van der Waals surface area contributed by atoms with Gasteiger partial charge in [0.1, 0.15) is 0 Å². The molecule has 4 nitrogen and oxygen atoms in total. The molecule has 4 heteroatoms.